The van der Waals surface area contributed by atoms with E-state index in [1.165, 1.54) is 11.3 Å². The number of hydrogen-bond donors (Lipinski definition) is 2. The summed E-state index contributed by atoms with van der Waals surface area (Å²) in [6.07, 6.45) is 3.10. The van der Waals surface area contributed by atoms with Crippen molar-refractivity contribution in [1.82, 2.24) is 4.90 Å². The molecule has 2 N–H and O–H groups in total. The molecule has 1 aliphatic heterocycles. The fourth-order valence-electron chi connectivity index (χ4n) is 4.61. The monoisotopic (exact) mass is 472 g/mol. The van der Waals surface area contributed by atoms with Gasteiger partial charge in [-0.15, -0.1) is 0 Å². The highest BCUT2D eigenvalue weighted by atomic mass is 16.4. The van der Waals surface area contributed by atoms with Gasteiger partial charge in [-0.1, -0.05) is 60.7 Å². The maximum atomic E-state index is 11.7. The van der Waals surface area contributed by atoms with E-state index in [0.29, 0.717) is 18.5 Å². The first-order valence-electron chi connectivity index (χ1n) is 12.2. The fourth-order valence-corrected chi connectivity index (χ4v) is 4.61. The minimum Gasteiger partial charge on any atom is -0.465 e. The largest absolute Gasteiger partial charge is 0.465 e. The van der Waals surface area contributed by atoms with E-state index in [1.54, 1.807) is 12.1 Å². The quantitative estimate of drug-likeness (QED) is 0.407. The van der Waals surface area contributed by atoms with Gasteiger partial charge >= 0.3 is 6.09 Å². The second-order valence-electron chi connectivity index (χ2n) is 9.04. The van der Waals surface area contributed by atoms with Crippen molar-refractivity contribution in [3.05, 3.63) is 89.5 Å². The first-order chi connectivity index (χ1) is 17.0. The lowest BCUT2D eigenvalue weighted by Crippen LogP contribution is -2.35. The van der Waals surface area contributed by atoms with Crippen molar-refractivity contribution in [2.75, 3.05) is 31.1 Å². The first kappa shape index (κ1) is 24.5. The SMILES string of the molecule is O=Cc1ccc(-c2ccc(CCN(C[C@H](O)c3ccccc3)C(=O)O)cc2)cc1N1CCCCC1. The van der Waals surface area contributed by atoms with Gasteiger partial charge in [-0.2, -0.15) is 0 Å². The summed E-state index contributed by atoms with van der Waals surface area (Å²) in [7, 11) is 0. The van der Waals surface area contributed by atoms with Gasteiger partial charge in [0.2, 0.25) is 0 Å². The van der Waals surface area contributed by atoms with E-state index in [4.69, 9.17) is 0 Å². The van der Waals surface area contributed by atoms with E-state index < -0.39 is 12.2 Å². The Labute approximate surface area is 206 Å². The normalized spacial score (nSPS) is 14.4. The Hall–Kier alpha value is -3.64. The van der Waals surface area contributed by atoms with Crippen molar-refractivity contribution in [3.8, 4) is 11.1 Å². The van der Waals surface area contributed by atoms with Gasteiger partial charge in [-0.3, -0.25) is 4.79 Å². The van der Waals surface area contributed by atoms with E-state index in [2.05, 4.69) is 11.0 Å². The van der Waals surface area contributed by atoms with Gasteiger partial charge < -0.3 is 20.0 Å². The number of amides is 1. The zero-order valence-corrected chi connectivity index (χ0v) is 19.8. The topological polar surface area (TPSA) is 81.1 Å². The zero-order chi connectivity index (χ0) is 24.6. The van der Waals surface area contributed by atoms with Crippen molar-refractivity contribution in [1.29, 1.82) is 0 Å². The number of nitrogens with zero attached hydrogens (tertiary/aromatic N) is 2. The average Bonchev–Trinajstić information content (AvgIpc) is 2.91. The van der Waals surface area contributed by atoms with Crippen LogP contribution in [0.25, 0.3) is 11.1 Å². The number of hydrogen-bond acceptors (Lipinski definition) is 4. The molecule has 1 heterocycles. The number of aliphatic hydroxyl groups is 1. The van der Waals surface area contributed by atoms with Gasteiger partial charge in [0, 0.05) is 30.9 Å². The van der Waals surface area contributed by atoms with Crippen LogP contribution in [-0.2, 0) is 6.42 Å². The molecule has 4 rings (SSSR count). The third-order valence-electron chi connectivity index (χ3n) is 6.66. The molecule has 0 spiro atoms. The van der Waals surface area contributed by atoms with E-state index in [-0.39, 0.29) is 6.54 Å². The van der Waals surface area contributed by atoms with Gasteiger partial charge in [-0.25, -0.2) is 4.79 Å². The summed E-state index contributed by atoms with van der Waals surface area (Å²) < 4.78 is 0. The Morgan fingerprint density at radius 2 is 1.63 bits per heavy atom. The highest BCUT2D eigenvalue weighted by Gasteiger charge is 2.18. The average molecular weight is 473 g/mol. The molecule has 35 heavy (non-hydrogen) atoms. The number of carbonyl (C=O) groups is 2. The zero-order valence-electron chi connectivity index (χ0n) is 19.8. The lowest BCUT2D eigenvalue weighted by Gasteiger charge is -2.30. The summed E-state index contributed by atoms with van der Waals surface area (Å²) in [5, 5.41) is 20.0. The van der Waals surface area contributed by atoms with Crippen molar-refractivity contribution in [2.24, 2.45) is 0 Å². The number of piperidine rings is 1. The summed E-state index contributed by atoms with van der Waals surface area (Å²) >= 11 is 0. The molecule has 1 fully saturated rings. The van der Waals surface area contributed by atoms with Crippen LogP contribution >= 0.6 is 0 Å². The summed E-state index contributed by atoms with van der Waals surface area (Å²) in [6.45, 7) is 2.27. The Bertz CT molecular complexity index is 1130. The molecule has 3 aromatic carbocycles. The number of carbonyl (C=O) groups excluding carboxylic acids is 1. The summed E-state index contributed by atoms with van der Waals surface area (Å²) in [5.41, 5.74) is 5.55. The number of aldehydes is 1. The van der Waals surface area contributed by atoms with Gasteiger partial charge in [0.05, 0.1) is 12.6 Å². The van der Waals surface area contributed by atoms with Crippen LogP contribution in [-0.4, -0.2) is 53.7 Å². The highest BCUT2D eigenvalue weighted by molar-refractivity contribution is 5.87. The fraction of sp³-hybridized carbons (Fsp3) is 0.310. The molecule has 0 radical (unpaired) electrons. The maximum Gasteiger partial charge on any atom is 0.407 e. The summed E-state index contributed by atoms with van der Waals surface area (Å²) in [6, 6.07) is 23.2. The van der Waals surface area contributed by atoms with Crippen LogP contribution in [0.5, 0.6) is 0 Å². The molecule has 182 valence electrons. The molecular weight excluding hydrogens is 440 g/mol. The van der Waals surface area contributed by atoms with Gasteiger partial charge in [0.1, 0.15) is 0 Å². The molecular formula is C29H32N2O4. The molecule has 6 heteroatoms. The Kier molecular flexibility index (Phi) is 8.16. The Morgan fingerprint density at radius 1 is 0.943 bits per heavy atom. The first-order valence-corrected chi connectivity index (χ1v) is 12.2. The minimum atomic E-state index is -1.04. The summed E-state index contributed by atoms with van der Waals surface area (Å²) in [5.74, 6) is 0. The molecule has 1 atom stereocenters. The molecule has 1 saturated heterocycles. The third kappa shape index (κ3) is 6.28. The molecule has 6 nitrogen and oxygen atoms in total. The number of benzene rings is 3. The predicted octanol–water partition coefficient (Wildman–Crippen LogP) is 5.41. The van der Waals surface area contributed by atoms with Gasteiger partial charge in [-0.05, 0) is 60.1 Å². The Morgan fingerprint density at radius 3 is 2.29 bits per heavy atom. The number of carboxylic acid groups (broad SMARTS) is 1. The van der Waals surface area contributed by atoms with E-state index in [1.807, 2.05) is 54.6 Å². The smallest absolute Gasteiger partial charge is 0.407 e. The number of anilines is 1. The molecule has 0 saturated carbocycles. The van der Waals surface area contributed by atoms with Crippen LogP contribution in [0.1, 0.15) is 46.9 Å². The van der Waals surface area contributed by atoms with Crippen LogP contribution in [0.15, 0.2) is 72.8 Å². The standard InChI is InChI=1S/C29H32N2O4/c32-21-26-14-13-25(19-27(26)30-16-5-2-6-17-30)23-11-9-22(10-12-23)15-18-31(29(34)35)20-28(33)24-7-3-1-4-8-24/h1,3-4,7-14,19,21,28,33H,2,5-6,15-18,20H2,(H,34,35)/t28-/m0/s1. The van der Waals surface area contributed by atoms with Crippen molar-refractivity contribution < 1.29 is 19.8 Å². The second-order valence-corrected chi connectivity index (χ2v) is 9.04. The molecule has 0 unspecified atom stereocenters. The van der Waals surface area contributed by atoms with Crippen molar-refractivity contribution in [2.45, 2.75) is 31.8 Å². The number of rotatable bonds is 9. The van der Waals surface area contributed by atoms with E-state index in [9.17, 15) is 19.8 Å². The maximum absolute atomic E-state index is 11.7. The second kappa shape index (κ2) is 11.7. The molecule has 3 aromatic rings. The molecule has 1 aliphatic rings. The highest BCUT2D eigenvalue weighted by Crippen LogP contribution is 2.30. The van der Waals surface area contributed by atoms with Gasteiger partial charge in [0.25, 0.3) is 0 Å². The minimum absolute atomic E-state index is 0.0276. The molecule has 0 bridgehead atoms. The lowest BCUT2D eigenvalue weighted by molar-refractivity contribution is 0.0973. The number of aliphatic hydroxyl groups excluding tert-OH is 1. The molecule has 0 aromatic heterocycles. The van der Waals surface area contributed by atoms with Crippen molar-refractivity contribution >= 4 is 18.1 Å². The van der Waals surface area contributed by atoms with Gasteiger partial charge in [0.15, 0.2) is 6.29 Å². The van der Waals surface area contributed by atoms with Crippen LogP contribution in [0.2, 0.25) is 0 Å². The molecule has 1 amide bonds. The lowest BCUT2D eigenvalue weighted by atomic mass is 9.99. The predicted molar refractivity (Wildman–Crippen MR) is 138 cm³/mol. The van der Waals surface area contributed by atoms with Crippen LogP contribution in [0.3, 0.4) is 0 Å². The van der Waals surface area contributed by atoms with Crippen LogP contribution < -0.4 is 4.90 Å². The van der Waals surface area contributed by atoms with E-state index >= 15 is 0 Å². The van der Waals surface area contributed by atoms with Crippen LogP contribution in [0.4, 0.5) is 10.5 Å². The third-order valence-corrected chi connectivity index (χ3v) is 6.66. The van der Waals surface area contributed by atoms with Crippen LogP contribution in [0, 0.1) is 0 Å². The Balaban J connectivity index is 1.42. The van der Waals surface area contributed by atoms with Crippen molar-refractivity contribution in [3.63, 3.8) is 0 Å². The molecule has 0 aliphatic carbocycles. The van der Waals surface area contributed by atoms with E-state index in [0.717, 1.165) is 60.2 Å². The summed E-state index contributed by atoms with van der Waals surface area (Å²) in [4.78, 5) is 26.9.